The average molecular weight is 313 g/mol. The number of hydrogen-bond donors (Lipinski definition) is 2. The molecule has 1 aromatic carbocycles. The summed E-state index contributed by atoms with van der Waals surface area (Å²) in [5.41, 5.74) is 3.32. The van der Waals surface area contributed by atoms with E-state index in [9.17, 15) is 0 Å². The molecule has 5 heteroatoms. The summed E-state index contributed by atoms with van der Waals surface area (Å²) in [7, 11) is 4.16. The zero-order valence-electron chi connectivity index (χ0n) is 14.6. The number of hydrogen-bond acceptors (Lipinski definition) is 5. The highest BCUT2D eigenvalue weighted by Gasteiger charge is 2.03. The lowest BCUT2D eigenvalue weighted by Gasteiger charge is -2.12. The molecule has 2 N–H and O–H groups in total. The molecule has 0 aliphatic carbocycles. The van der Waals surface area contributed by atoms with Crippen molar-refractivity contribution in [1.29, 1.82) is 0 Å². The first kappa shape index (κ1) is 17.2. The van der Waals surface area contributed by atoms with E-state index >= 15 is 0 Å². The third-order valence-electron chi connectivity index (χ3n) is 3.55. The van der Waals surface area contributed by atoms with Gasteiger partial charge in [0.15, 0.2) is 0 Å². The summed E-state index contributed by atoms with van der Waals surface area (Å²) in [6.07, 6.45) is 2.11. The predicted octanol–water partition coefficient (Wildman–Crippen LogP) is 3.45. The largest absolute Gasteiger partial charge is 0.354 e. The second-order valence-corrected chi connectivity index (χ2v) is 5.98. The monoisotopic (exact) mass is 313 g/mol. The van der Waals surface area contributed by atoms with Crippen molar-refractivity contribution in [2.45, 2.75) is 26.7 Å². The molecule has 0 bridgehead atoms. The predicted molar refractivity (Wildman–Crippen MR) is 97.5 cm³/mol. The van der Waals surface area contributed by atoms with Crippen molar-refractivity contribution in [3.8, 4) is 0 Å². The molecule has 1 aromatic heterocycles. The molecule has 5 nitrogen and oxygen atoms in total. The molecule has 0 amide bonds. The van der Waals surface area contributed by atoms with Crippen molar-refractivity contribution in [3.05, 3.63) is 41.6 Å². The molecule has 1 heterocycles. The number of nitrogens with one attached hydrogen (secondary N) is 2. The molecular formula is C18H27N5. The standard InChI is InChI=1S/C18H27N5/c1-5-15-7-9-16(10-8-15)21-17-13-14(2)20-18(22-17)19-11-6-12-23(3)4/h7-10,13H,5-6,11-12H2,1-4H3,(H2,19,20,21,22). The fourth-order valence-corrected chi connectivity index (χ4v) is 2.28. The Balaban J connectivity index is 1.98. The number of aryl methyl sites for hydroxylation is 2. The van der Waals surface area contributed by atoms with Crippen LogP contribution in [0.15, 0.2) is 30.3 Å². The Morgan fingerprint density at radius 1 is 1.09 bits per heavy atom. The summed E-state index contributed by atoms with van der Waals surface area (Å²) in [4.78, 5) is 11.2. The van der Waals surface area contributed by atoms with Crippen LogP contribution in [0.1, 0.15) is 24.6 Å². The van der Waals surface area contributed by atoms with Gasteiger partial charge in [-0.2, -0.15) is 4.98 Å². The Morgan fingerprint density at radius 3 is 2.48 bits per heavy atom. The smallest absolute Gasteiger partial charge is 0.224 e. The molecule has 0 aliphatic rings. The average Bonchev–Trinajstić information content (AvgIpc) is 2.52. The van der Waals surface area contributed by atoms with Gasteiger partial charge in [-0.15, -0.1) is 0 Å². The second kappa shape index (κ2) is 8.48. The summed E-state index contributed by atoms with van der Waals surface area (Å²) in [6, 6.07) is 10.4. The van der Waals surface area contributed by atoms with Gasteiger partial charge < -0.3 is 15.5 Å². The van der Waals surface area contributed by atoms with Crippen LogP contribution in [0, 0.1) is 6.92 Å². The summed E-state index contributed by atoms with van der Waals surface area (Å²) < 4.78 is 0. The van der Waals surface area contributed by atoms with E-state index in [0.29, 0.717) is 5.95 Å². The Hall–Kier alpha value is -2.14. The molecule has 0 saturated carbocycles. The van der Waals surface area contributed by atoms with E-state index in [-0.39, 0.29) is 0 Å². The fraction of sp³-hybridized carbons (Fsp3) is 0.444. The molecule has 124 valence electrons. The van der Waals surface area contributed by atoms with Gasteiger partial charge in [0.05, 0.1) is 0 Å². The Kier molecular flexibility index (Phi) is 6.35. The van der Waals surface area contributed by atoms with Gasteiger partial charge in [-0.25, -0.2) is 4.98 Å². The molecule has 0 aliphatic heterocycles. The zero-order valence-corrected chi connectivity index (χ0v) is 14.6. The van der Waals surface area contributed by atoms with E-state index < -0.39 is 0 Å². The van der Waals surface area contributed by atoms with E-state index in [0.717, 1.165) is 43.1 Å². The van der Waals surface area contributed by atoms with Gasteiger partial charge in [0.25, 0.3) is 0 Å². The maximum absolute atomic E-state index is 4.54. The number of aromatic nitrogens is 2. The molecule has 0 spiro atoms. The number of anilines is 3. The lowest BCUT2D eigenvalue weighted by molar-refractivity contribution is 0.405. The van der Waals surface area contributed by atoms with Crippen LogP contribution in [0.25, 0.3) is 0 Å². The minimum Gasteiger partial charge on any atom is -0.354 e. The van der Waals surface area contributed by atoms with Gasteiger partial charge in [0, 0.05) is 24.0 Å². The third-order valence-corrected chi connectivity index (χ3v) is 3.55. The van der Waals surface area contributed by atoms with Crippen LogP contribution in [-0.4, -0.2) is 42.1 Å². The van der Waals surface area contributed by atoms with Crippen LogP contribution in [-0.2, 0) is 6.42 Å². The van der Waals surface area contributed by atoms with Gasteiger partial charge >= 0.3 is 0 Å². The van der Waals surface area contributed by atoms with Crippen molar-refractivity contribution in [2.24, 2.45) is 0 Å². The van der Waals surface area contributed by atoms with Gasteiger partial charge in [-0.1, -0.05) is 19.1 Å². The molecule has 23 heavy (non-hydrogen) atoms. The maximum atomic E-state index is 4.54. The van der Waals surface area contributed by atoms with Gasteiger partial charge in [-0.3, -0.25) is 0 Å². The summed E-state index contributed by atoms with van der Waals surface area (Å²) in [5.74, 6) is 1.49. The highest BCUT2D eigenvalue weighted by molar-refractivity contribution is 5.57. The number of rotatable bonds is 8. The molecular weight excluding hydrogens is 286 g/mol. The molecule has 0 radical (unpaired) electrons. The van der Waals surface area contributed by atoms with E-state index in [1.165, 1.54) is 5.56 Å². The quantitative estimate of drug-likeness (QED) is 0.731. The van der Waals surface area contributed by atoms with Crippen LogP contribution in [0.3, 0.4) is 0 Å². The highest BCUT2D eigenvalue weighted by Crippen LogP contribution is 2.17. The minimum atomic E-state index is 0.677. The maximum Gasteiger partial charge on any atom is 0.224 e. The lowest BCUT2D eigenvalue weighted by Crippen LogP contribution is -2.17. The van der Waals surface area contributed by atoms with Gasteiger partial charge in [0.1, 0.15) is 5.82 Å². The van der Waals surface area contributed by atoms with E-state index in [1.807, 2.05) is 13.0 Å². The number of benzene rings is 1. The van der Waals surface area contributed by atoms with Crippen LogP contribution in [0.4, 0.5) is 17.5 Å². The van der Waals surface area contributed by atoms with Crippen molar-refractivity contribution < 1.29 is 0 Å². The molecule has 2 aromatic rings. The highest BCUT2D eigenvalue weighted by atomic mass is 15.1. The Bertz CT molecular complexity index is 607. The molecule has 2 rings (SSSR count). The second-order valence-electron chi connectivity index (χ2n) is 5.98. The first-order valence-electron chi connectivity index (χ1n) is 8.17. The first-order chi connectivity index (χ1) is 11.1. The molecule has 0 atom stereocenters. The Labute approximate surface area is 139 Å². The summed E-state index contributed by atoms with van der Waals surface area (Å²) >= 11 is 0. The van der Waals surface area contributed by atoms with E-state index in [1.54, 1.807) is 0 Å². The van der Waals surface area contributed by atoms with Crippen LogP contribution in [0.5, 0.6) is 0 Å². The van der Waals surface area contributed by atoms with E-state index in [2.05, 4.69) is 70.8 Å². The molecule has 0 saturated heterocycles. The molecule has 0 unspecified atom stereocenters. The normalized spacial score (nSPS) is 10.8. The molecule has 0 fully saturated rings. The van der Waals surface area contributed by atoms with Gasteiger partial charge in [-0.05, 0) is 58.1 Å². The zero-order chi connectivity index (χ0) is 16.7. The van der Waals surface area contributed by atoms with E-state index in [4.69, 9.17) is 0 Å². The minimum absolute atomic E-state index is 0.677. The van der Waals surface area contributed by atoms with Crippen LogP contribution < -0.4 is 10.6 Å². The van der Waals surface area contributed by atoms with Crippen LogP contribution >= 0.6 is 0 Å². The SMILES string of the molecule is CCc1ccc(Nc2cc(C)nc(NCCCN(C)C)n2)cc1. The van der Waals surface area contributed by atoms with Crippen molar-refractivity contribution >= 4 is 17.5 Å². The topological polar surface area (TPSA) is 53.1 Å². The van der Waals surface area contributed by atoms with Crippen molar-refractivity contribution in [3.63, 3.8) is 0 Å². The fourth-order valence-electron chi connectivity index (χ4n) is 2.28. The summed E-state index contributed by atoms with van der Waals surface area (Å²) in [6.45, 7) is 6.06. The van der Waals surface area contributed by atoms with Gasteiger partial charge in [0.2, 0.25) is 5.95 Å². The first-order valence-corrected chi connectivity index (χ1v) is 8.17. The lowest BCUT2D eigenvalue weighted by atomic mass is 10.1. The number of nitrogens with zero attached hydrogens (tertiary/aromatic N) is 3. The summed E-state index contributed by atoms with van der Waals surface area (Å²) in [5, 5.41) is 6.64. The third kappa shape index (κ3) is 5.87. The van der Waals surface area contributed by atoms with Crippen molar-refractivity contribution in [2.75, 3.05) is 37.8 Å². The van der Waals surface area contributed by atoms with Crippen molar-refractivity contribution in [1.82, 2.24) is 14.9 Å². The Morgan fingerprint density at radius 2 is 1.83 bits per heavy atom. The van der Waals surface area contributed by atoms with Crippen LogP contribution in [0.2, 0.25) is 0 Å².